The minimum absolute atomic E-state index is 0.206. The summed E-state index contributed by atoms with van der Waals surface area (Å²) in [6.45, 7) is 1.93. The fraction of sp³-hybridized carbons (Fsp3) is 0.250. The predicted molar refractivity (Wildman–Crippen MR) is 79.5 cm³/mol. The number of nitrogens with one attached hydrogen (secondary N) is 1. The van der Waals surface area contributed by atoms with E-state index in [4.69, 9.17) is 0 Å². The van der Waals surface area contributed by atoms with E-state index in [1.54, 1.807) is 12.3 Å². The van der Waals surface area contributed by atoms with Crippen LogP contribution in [0, 0.1) is 6.92 Å². The molecule has 1 aromatic heterocycles. The SMILES string of the molecule is Cc1cc2c3c(ccnc3c1)C(=O)N2C1CCC(=O)NC1=O. The van der Waals surface area contributed by atoms with Crippen molar-refractivity contribution in [2.75, 3.05) is 4.90 Å². The van der Waals surface area contributed by atoms with Gasteiger partial charge in [0.1, 0.15) is 6.04 Å². The smallest absolute Gasteiger partial charge is 0.259 e. The first-order valence-electron chi connectivity index (χ1n) is 7.13. The zero-order valence-corrected chi connectivity index (χ0v) is 11.9. The van der Waals surface area contributed by atoms with Gasteiger partial charge in [-0.25, -0.2) is 0 Å². The van der Waals surface area contributed by atoms with Gasteiger partial charge in [-0.2, -0.15) is 0 Å². The second-order valence-electron chi connectivity index (χ2n) is 5.68. The molecule has 3 heterocycles. The molecular formula is C16H13N3O3. The number of amides is 3. The minimum Gasteiger partial charge on any atom is -0.295 e. The molecule has 0 bridgehead atoms. The molecule has 1 atom stereocenters. The average Bonchev–Trinajstić information content (AvgIpc) is 2.74. The number of benzene rings is 1. The number of imide groups is 1. The normalized spacial score (nSPS) is 20.7. The number of hydrogen-bond acceptors (Lipinski definition) is 4. The van der Waals surface area contributed by atoms with Gasteiger partial charge in [0.2, 0.25) is 11.8 Å². The topological polar surface area (TPSA) is 79.4 Å². The van der Waals surface area contributed by atoms with Crippen LogP contribution in [0.15, 0.2) is 24.4 Å². The number of aromatic nitrogens is 1. The number of hydrogen-bond donors (Lipinski definition) is 1. The van der Waals surface area contributed by atoms with Gasteiger partial charge in [0.05, 0.1) is 16.8 Å². The standard InChI is InChI=1S/C16H13N3O3/c1-8-6-10-14-9(4-5-17-10)16(22)19(12(14)7-8)11-2-3-13(20)18-15(11)21/h4-7,11H,2-3H2,1H3,(H,18,20,21). The van der Waals surface area contributed by atoms with E-state index in [0.29, 0.717) is 17.7 Å². The van der Waals surface area contributed by atoms with Crippen LogP contribution in [0.4, 0.5) is 5.69 Å². The van der Waals surface area contributed by atoms with Crippen molar-refractivity contribution in [2.24, 2.45) is 0 Å². The second-order valence-corrected chi connectivity index (χ2v) is 5.68. The number of piperidine rings is 1. The molecule has 22 heavy (non-hydrogen) atoms. The van der Waals surface area contributed by atoms with E-state index in [1.807, 2.05) is 19.1 Å². The molecule has 1 aromatic carbocycles. The van der Waals surface area contributed by atoms with Gasteiger partial charge < -0.3 is 0 Å². The van der Waals surface area contributed by atoms with Crippen LogP contribution in [0.1, 0.15) is 28.8 Å². The Balaban J connectivity index is 1.89. The van der Waals surface area contributed by atoms with Crippen molar-refractivity contribution < 1.29 is 14.4 Å². The summed E-state index contributed by atoms with van der Waals surface area (Å²) in [6.07, 6.45) is 2.18. The van der Waals surface area contributed by atoms with Gasteiger partial charge in [-0.05, 0) is 37.1 Å². The van der Waals surface area contributed by atoms with E-state index in [1.165, 1.54) is 4.90 Å². The van der Waals surface area contributed by atoms with Crippen molar-refractivity contribution in [2.45, 2.75) is 25.8 Å². The Morgan fingerprint density at radius 3 is 2.86 bits per heavy atom. The van der Waals surface area contributed by atoms with Crippen molar-refractivity contribution >= 4 is 34.3 Å². The first kappa shape index (κ1) is 12.9. The van der Waals surface area contributed by atoms with Gasteiger partial charge in [0.25, 0.3) is 5.91 Å². The Labute approximate surface area is 126 Å². The lowest BCUT2D eigenvalue weighted by atomic mass is 10.0. The molecule has 0 radical (unpaired) electrons. The number of rotatable bonds is 1. The summed E-state index contributed by atoms with van der Waals surface area (Å²) in [6, 6.07) is 4.84. The monoisotopic (exact) mass is 295 g/mol. The van der Waals surface area contributed by atoms with Gasteiger partial charge in [0, 0.05) is 18.0 Å². The van der Waals surface area contributed by atoms with Crippen molar-refractivity contribution in [3.05, 3.63) is 35.5 Å². The summed E-state index contributed by atoms with van der Waals surface area (Å²) in [5.41, 5.74) is 2.98. The van der Waals surface area contributed by atoms with Crippen LogP contribution in [0.25, 0.3) is 10.9 Å². The lowest BCUT2D eigenvalue weighted by Crippen LogP contribution is -2.53. The number of carbonyl (C=O) groups excluding carboxylic acids is 3. The van der Waals surface area contributed by atoms with Crippen LogP contribution >= 0.6 is 0 Å². The summed E-state index contributed by atoms with van der Waals surface area (Å²) in [4.78, 5) is 42.1. The van der Waals surface area contributed by atoms with E-state index in [2.05, 4.69) is 10.3 Å². The third-order valence-corrected chi connectivity index (χ3v) is 4.20. The Morgan fingerprint density at radius 2 is 2.09 bits per heavy atom. The summed E-state index contributed by atoms with van der Waals surface area (Å²) in [5, 5.41) is 3.09. The highest BCUT2D eigenvalue weighted by molar-refractivity contribution is 6.26. The molecule has 1 fully saturated rings. The highest BCUT2D eigenvalue weighted by atomic mass is 16.2. The number of carbonyl (C=O) groups is 3. The van der Waals surface area contributed by atoms with Crippen LogP contribution in [0.2, 0.25) is 0 Å². The Kier molecular flexibility index (Phi) is 2.57. The molecule has 4 rings (SSSR count). The van der Waals surface area contributed by atoms with Crippen LogP contribution < -0.4 is 10.2 Å². The molecule has 0 saturated carbocycles. The van der Waals surface area contributed by atoms with E-state index in [9.17, 15) is 14.4 Å². The lowest BCUT2D eigenvalue weighted by molar-refractivity contribution is -0.134. The van der Waals surface area contributed by atoms with Gasteiger partial charge >= 0.3 is 0 Å². The molecule has 0 spiro atoms. The molecule has 6 heteroatoms. The molecule has 2 aliphatic heterocycles. The Bertz CT molecular complexity index is 859. The van der Waals surface area contributed by atoms with E-state index < -0.39 is 11.9 Å². The van der Waals surface area contributed by atoms with Crippen LogP contribution in [-0.2, 0) is 9.59 Å². The zero-order valence-electron chi connectivity index (χ0n) is 11.9. The molecule has 2 aromatic rings. The molecule has 1 N–H and O–H groups in total. The largest absolute Gasteiger partial charge is 0.295 e. The molecule has 110 valence electrons. The van der Waals surface area contributed by atoms with Gasteiger partial charge in [-0.1, -0.05) is 0 Å². The summed E-state index contributed by atoms with van der Waals surface area (Å²) in [5.74, 6) is -0.913. The molecule has 3 amide bonds. The number of nitrogens with zero attached hydrogens (tertiary/aromatic N) is 2. The van der Waals surface area contributed by atoms with Crippen LogP contribution in [0.3, 0.4) is 0 Å². The Morgan fingerprint density at radius 1 is 1.27 bits per heavy atom. The van der Waals surface area contributed by atoms with Crippen molar-refractivity contribution in [1.29, 1.82) is 0 Å². The molecule has 0 aliphatic carbocycles. The van der Waals surface area contributed by atoms with Crippen molar-refractivity contribution in [3.8, 4) is 0 Å². The third kappa shape index (κ3) is 1.67. The number of pyridine rings is 1. The zero-order chi connectivity index (χ0) is 15.4. The first-order valence-corrected chi connectivity index (χ1v) is 7.13. The van der Waals surface area contributed by atoms with Crippen LogP contribution in [-0.4, -0.2) is 28.7 Å². The number of anilines is 1. The first-order chi connectivity index (χ1) is 10.6. The molecule has 2 aliphatic rings. The average molecular weight is 295 g/mol. The maximum atomic E-state index is 12.7. The highest BCUT2D eigenvalue weighted by Gasteiger charge is 2.40. The third-order valence-electron chi connectivity index (χ3n) is 4.20. The van der Waals surface area contributed by atoms with Gasteiger partial charge in [0.15, 0.2) is 0 Å². The van der Waals surface area contributed by atoms with E-state index in [-0.39, 0.29) is 18.2 Å². The van der Waals surface area contributed by atoms with E-state index >= 15 is 0 Å². The minimum atomic E-state index is -0.650. The summed E-state index contributed by atoms with van der Waals surface area (Å²) < 4.78 is 0. The van der Waals surface area contributed by atoms with E-state index in [0.717, 1.165) is 16.5 Å². The molecular weight excluding hydrogens is 282 g/mol. The number of aryl methyl sites for hydroxylation is 1. The molecule has 6 nitrogen and oxygen atoms in total. The summed E-state index contributed by atoms with van der Waals surface area (Å²) >= 11 is 0. The maximum absolute atomic E-state index is 12.7. The fourth-order valence-corrected chi connectivity index (χ4v) is 3.25. The second kappa shape index (κ2) is 4.37. The van der Waals surface area contributed by atoms with Crippen molar-refractivity contribution in [3.63, 3.8) is 0 Å². The Hall–Kier alpha value is -2.76. The molecule has 1 unspecified atom stereocenters. The van der Waals surface area contributed by atoms with Crippen molar-refractivity contribution in [1.82, 2.24) is 10.3 Å². The fourth-order valence-electron chi connectivity index (χ4n) is 3.25. The quantitative estimate of drug-likeness (QED) is 0.804. The predicted octanol–water partition coefficient (Wildman–Crippen LogP) is 1.31. The summed E-state index contributed by atoms with van der Waals surface area (Å²) in [7, 11) is 0. The lowest BCUT2D eigenvalue weighted by Gasteiger charge is -2.30. The van der Waals surface area contributed by atoms with Crippen LogP contribution in [0.5, 0.6) is 0 Å². The molecule has 1 saturated heterocycles. The van der Waals surface area contributed by atoms with Gasteiger partial charge in [-0.15, -0.1) is 0 Å². The van der Waals surface area contributed by atoms with Gasteiger partial charge in [-0.3, -0.25) is 29.6 Å². The maximum Gasteiger partial charge on any atom is 0.259 e. The highest BCUT2D eigenvalue weighted by Crippen LogP contribution is 2.39.